The largest absolute Gasteiger partial charge is 0.220 e. The molecule has 0 heterocycles. The number of rotatable bonds is 2. The third kappa shape index (κ3) is 3.59. The quantitative estimate of drug-likeness (QED) is 0.559. The Morgan fingerprint density at radius 3 is 2.44 bits per heavy atom. The van der Waals surface area contributed by atoms with E-state index >= 15 is 0 Å². The smallest absolute Gasteiger partial charge is 0.167 e. The summed E-state index contributed by atoms with van der Waals surface area (Å²) in [6, 6.07) is 4.11. The second-order valence-corrected chi connectivity index (χ2v) is 6.07. The standard InChI is InChI=1S/C12H15F2NS/c1-8(15-16-12(2,3)4)9-6-5-7-10(13)11(9)14/h5-7H,1-4H3. The van der Waals surface area contributed by atoms with Crippen molar-refractivity contribution in [2.75, 3.05) is 0 Å². The van der Waals surface area contributed by atoms with E-state index in [-0.39, 0.29) is 10.3 Å². The van der Waals surface area contributed by atoms with Gasteiger partial charge < -0.3 is 0 Å². The Labute approximate surface area is 99.1 Å². The van der Waals surface area contributed by atoms with Gasteiger partial charge in [0.25, 0.3) is 0 Å². The third-order valence-corrected chi connectivity index (χ3v) is 2.71. The normalized spacial score (nSPS) is 13.0. The van der Waals surface area contributed by atoms with Gasteiger partial charge in [-0.15, -0.1) is 0 Å². The Bertz CT molecular complexity index is 408. The predicted octanol–water partition coefficient (Wildman–Crippen LogP) is 4.22. The summed E-state index contributed by atoms with van der Waals surface area (Å²) in [6.07, 6.45) is 0. The average Bonchev–Trinajstić information content (AvgIpc) is 2.17. The first-order chi connectivity index (χ1) is 7.31. The molecule has 1 nitrogen and oxygen atoms in total. The zero-order chi connectivity index (χ0) is 12.3. The minimum atomic E-state index is -0.840. The van der Waals surface area contributed by atoms with Crippen LogP contribution in [0.5, 0.6) is 0 Å². The summed E-state index contributed by atoms with van der Waals surface area (Å²) in [6.45, 7) is 7.71. The molecule has 0 spiro atoms. The molecule has 1 rings (SSSR count). The van der Waals surface area contributed by atoms with Crippen molar-refractivity contribution in [2.24, 2.45) is 4.40 Å². The molecular weight excluding hydrogens is 228 g/mol. The Kier molecular flexibility index (Phi) is 4.08. The molecule has 16 heavy (non-hydrogen) atoms. The lowest BCUT2D eigenvalue weighted by Crippen LogP contribution is -2.07. The van der Waals surface area contributed by atoms with Gasteiger partial charge in [0, 0.05) is 10.3 Å². The molecule has 0 saturated heterocycles. The predicted molar refractivity (Wildman–Crippen MR) is 65.9 cm³/mol. The average molecular weight is 243 g/mol. The van der Waals surface area contributed by atoms with Crippen molar-refractivity contribution in [1.82, 2.24) is 0 Å². The minimum Gasteiger partial charge on any atom is -0.220 e. The van der Waals surface area contributed by atoms with E-state index in [0.29, 0.717) is 5.71 Å². The molecular formula is C12H15F2NS. The Morgan fingerprint density at radius 2 is 1.88 bits per heavy atom. The fraction of sp³-hybridized carbons (Fsp3) is 0.417. The maximum atomic E-state index is 13.4. The molecule has 0 saturated carbocycles. The summed E-state index contributed by atoms with van der Waals surface area (Å²) in [5, 5.41) is 0. The van der Waals surface area contributed by atoms with Gasteiger partial charge >= 0.3 is 0 Å². The molecule has 88 valence electrons. The maximum Gasteiger partial charge on any atom is 0.167 e. The Morgan fingerprint density at radius 1 is 1.25 bits per heavy atom. The lowest BCUT2D eigenvalue weighted by atomic mass is 10.1. The highest BCUT2D eigenvalue weighted by atomic mass is 32.2. The second kappa shape index (κ2) is 4.95. The third-order valence-electron chi connectivity index (χ3n) is 1.80. The SMILES string of the molecule is CC(=NSC(C)(C)C)c1cccc(F)c1F. The summed E-state index contributed by atoms with van der Waals surface area (Å²) >= 11 is 1.35. The molecule has 1 aromatic carbocycles. The lowest BCUT2D eigenvalue weighted by molar-refractivity contribution is 0.507. The molecule has 4 heteroatoms. The van der Waals surface area contributed by atoms with Gasteiger partial charge in [0.1, 0.15) is 0 Å². The first kappa shape index (κ1) is 13.2. The van der Waals surface area contributed by atoms with Crippen LogP contribution in [0.3, 0.4) is 0 Å². The van der Waals surface area contributed by atoms with Gasteiger partial charge in [0.2, 0.25) is 0 Å². The van der Waals surface area contributed by atoms with Crippen LogP contribution in [-0.4, -0.2) is 10.5 Å². The van der Waals surface area contributed by atoms with Gasteiger partial charge in [-0.05, 0) is 51.8 Å². The molecule has 0 fully saturated rings. The number of hydrogen-bond acceptors (Lipinski definition) is 2. The van der Waals surface area contributed by atoms with E-state index in [9.17, 15) is 8.78 Å². The fourth-order valence-electron chi connectivity index (χ4n) is 1.04. The molecule has 0 amide bonds. The van der Waals surface area contributed by atoms with Crippen LogP contribution in [0, 0.1) is 11.6 Å². The number of hydrogen-bond donors (Lipinski definition) is 0. The van der Waals surface area contributed by atoms with E-state index in [1.54, 1.807) is 6.92 Å². The zero-order valence-corrected chi connectivity index (χ0v) is 10.7. The Hall–Kier alpha value is -0.900. The van der Waals surface area contributed by atoms with Crippen LogP contribution in [-0.2, 0) is 0 Å². The van der Waals surface area contributed by atoms with Crippen molar-refractivity contribution in [1.29, 1.82) is 0 Å². The van der Waals surface area contributed by atoms with Crippen LogP contribution in [0.25, 0.3) is 0 Å². The van der Waals surface area contributed by atoms with Gasteiger partial charge in [0.15, 0.2) is 11.6 Å². The van der Waals surface area contributed by atoms with Gasteiger partial charge in [-0.25, -0.2) is 13.2 Å². The first-order valence-electron chi connectivity index (χ1n) is 4.98. The van der Waals surface area contributed by atoms with Gasteiger partial charge in [0.05, 0.1) is 5.71 Å². The maximum absolute atomic E-state index is 13.4. The van der Waals surface area contributed by atoms with Gasteiger partial charge in [-0.3, -0.25) is 0 Å². The van der Waals surface area contributed by atoms with E-state index < -0.39 is 11.6 Å². The number of halogens is 2. The topological polar surface area (TPSA) is 12.4 Å². The molecule has 0 bridgehead atoms. The van der Waals surface area contributed by atoms with E-state index in [1.165, 1.54) is 24.1 Å². The monoisotopic (exact) mass is 243 g/mol. The molecule has 0 radical (unpaired) electrons. The van der Waals surface area contributed by atoms with Gasteiger partial charge in [-0.1, -0.05) is 6.07 Å². The zero-order valence-electron chi connectivity index (χ0n) is 9.84. The molecule has 0 atom stereocenters. The molecule has 0 aliphatic heterocycles. The van der Waals surface area contributed by atoms with Crippen molar-refractivity contribution in [3.8, 4) is 0 Å². The molecule has 0 unspecified atom stereocenters. The molecule has 1 aromatic rings. The number of benzene rings is 1. The van der Waals surface area contributed by atoms with Crippen molar-refractivity contribution < 1.29 is 8.78 Å². The van der Waals surface area contributed by atoms with Crippen LogP contribution >= 0.6 is 11.9 Å². The van der Waals surface area contributed by atoms with Crippen LogP contribution in [0.1, 0.15) is 33.3 Å². The summed E-state index contributed by atoms with van der Waals surface area (Å²) < 4.78 is 30.5. The first-order valence-corrected chi connectivity index (χ1v) is 5.76. The summed E-state index contributed by atoms with van der Waals surface area (Å²) in [5.74, 6) is -1.67. The van der Waals surface area contributed by atoms with Crippen molar-refractivity contribution >= 4 is 17.7 Å². The molecule has 0 aliphatic rings. The van der Waals surface area contributed by atoms with E-state index in [1.807, 2.05) is 20.8 Å². The molecule has 0 N–H and O–H groups in total. The van der Waals surface area contributed by atoms with Crippen molar-refractivity contribution in [3.63, 3.8) is 0 Å². The van der Waals surface area contributed by atoms with Crippen LogP contribution in [0.2, 0.25) is 0 Å². The highest BCUT2D eigenvalue weighted by Gasteiger charge is 2.13. The fourth-order valence-corrected chi connectivity index (χ4v) is 1.55. The molecule has 0 aliphatic carbocycles. The highest BCUT2D eigenvalue weighted by molar-refractivity contribution is 7.99. The van der Waals surface area contributed by atoms with Gasteiger partial charge in [-0.2, -0.15) is 0 Å². The lowest BCUT2D eigenvalue weighted by Gasteiger charge is -2.13. The number of nitrogens with zero attached hydrogens (tertiary/aromatic N) is 1. The van der Waals surface area contributed by atoms with E-state index in [4.69, 9.17) is 0 Å². The van der Waals surface area contributed by atoms with E-state index in [2.05, 4.69) is 4.40 Å². The summed E-state index contributed by atoms with van der Waals surface area (Å²) in [5.41, 5.74) is 0.716. The highest BCUT2D eigenvalue weighted by Crippen LogP contribution is 2.25. The minimum absolute atomic E-state index is 0.0366. The molecule has 0 aromatic heterocycles. The van der Waals surface area contributed by atoms with Crippen molar-refractivity contribution in [3.05, 3.63) is 35.4 Å². The summed E-state index contributed by atoms with van der Waals surface area (Å²) in [4.78, 5) is 0. The van der Waals surface area contributed by atoms with Crippen molar-refractivity contribution in [2.45, 2.75) is 32.4 Å². The van der Waals surface area contributed by atoms with Crippen LogP contribution in [0.15, 0.2) is 22.6 Å². The van der Waals surface area contributed by atoms with Crippen LogP contribution < -0.4 is 0 Å². The second-order valence-electron chi connectivity index (χ2n) is 4.48. The van der Waals surface area contributed by atoms with Crippen LogP contribution in [0.4, 0.5) is 8.78 Å². The Balaban J connectivity index is 2.97. The van der Waals surface area contributed by atoms with E-state index in [0.717, 1.165) is 6.07 Å². The summed E-state index contributed by atoms with van der Waals surface area (Å²) in [7, 11) is 0.